The Labute approximate surface area is 247 Å². The van der Waals surface area contributed by atoms with Crippen molar-refractivity contribution in [3.8, 4) is 0 Å². The highest BCUT2D eigenvalue weighted by Gasteiger charge is 2.32. The lowest BCUT2D eigenvalue weighted by Crippen LogP contribution is -2.51. The van der Waals surface area contributed by atoms with Crippen LogP contribution in [0.25, 0.3) is 0 Å². The van der Waals surface area contributed by atoms with Gasteiger partial charge in [0.05, 0.1) is 20.6 Å². The average Bonchev–Trinajstić information content (AvgIpc) is 2.93. The lowest BCUT2D eigenvalue weighted by molar-refractivity contribution is -0.139. The van der Waals surface area contributed by atoms with Gasteiger partial charge in [0.1, 0.15) is 12.6 Å². The number of nitrogens with zero attached hydrogens (tertiary/aromatic N) is 2. The minimum Gasteiger partial charge on any atom is -0.354 e. The molecule has 1 atom stereocenters. The quantitative estimate of drug-likeness (QED) is 0.252. The second-order valence-corrected chi connectivity index (χ2v) is 12.4. The predicted octanol–water partition coefficient (Wildman–Crippen LogP) is 6.14. The first-order valence-electron chi connectivity index (χ1n) is 13.1. The summed E-state index contributed by atoms with van der Waals surface area (Å²) >= 11 is 12.3. The summed E-state index contributed by atoms with van der Waals surface area (Å²) in [5.74, 6) is -0.868. The fraction of sp³-hybridized carbons (Fsp3) is 0.333. The summed E-state index contributed by atoms with van der Waals surface area (Å²) in [5, 5.41) is 3.55. The minimum atomic E-state index is -4.11. The molecule has 0 aliphatic heterocycles. The highest BCUT2D eigenvalue weighted by molar-refractivity contribution is 7.92. The van der Waals surface area contributed by atoms with E-state index in [1.807, 2.05) is 26.8 Å². The number of halogens is 2. The molecule has 0 fully saturated rings. The SMILES string of the molecule is CCCCNC(=O)C(C)N(Cc1ccc(Cl)c(Cl)c1)C(=O)CN(c1ccc(C)c(C)c1)S(=O)(=O)c1ccccc1. The number of hydrogen-bond acceptors (Lipinski definition) is 4. The summed E-state index contributed by atoms with van der Waals surface area (Å²) in [6, 6.07) is 17.3. The molecule has 0 aliphatic carbocycles. The van der Waals surface area contributed by atoms with Gasteiger partial charge in [-0.25, -0.2) is 8.42 Å². The van der Waals surface area contributed by atoms with Crippen molar-refractivity contribution in [1.29, 1.82) is 0 Å². The van der Waals surface area contributed by atoms with E-state index in [0.717, 1.165) is 28.3 Å². The largest absolute Gasteiger partial charge is 0.354 e. The van der Waals surface area contributed by atoms with E-state index in [4.69, 9.17) is 23.2 Å². The zero-order valence-electron chi connectivity index (χ0n) is 23.2. The Morgan fingerprint density at radius 2 is 1.62 bits per heavy atom. The van der Waals surface area contributed by atoms with Crippen LogP contribution in [0, 0.1) is 13.8 Å². The number of carbonyl (C=O) groups excluding carboxylic acids is 2. The molecule has 7 nitrogen and oxygen atoms in total. The molecular weight excluding hydrogens is 569 g/mol. The van der Waals surface area contributed by atoms with Gasteiger partial charge in [-0.3, -0.25) is 13.9 Å². The van der Waals surface area contributed by atoms with E-state index < -0.39 is 28.5 Å². The molecule has 214 valence electrons. The zero-order valence-corrected chi connectivity index (χ0v) is 25.5. The maximum Gasteiger partial charge on any atom is 0.264 e. The standard InChI is InChI=1S/C30H35Cl2N3O4S/c1-5-6-16-33-30(37)23(4)34(19-24-13-15-27(31)28(32)18-24)29(36)20-35(25-14-12-21(2)22(3)17-25)40(38,39)26-10-8-7-9-11-26/h7-15,17-18,23H,5-6,16,19-20H2,1-4H3,(H,33,37). The van der Waals surface area contributed by atoms with Crippen molar-refractivity contribution < 1.29 is 18.0 Å². The molecule has 2 amide bonds. The second kappa shape index (κ2) is 14.0. The van der Waals surface area contributed by atoms with Crippen molar-refractivity contribution in [2.75, 3.05) is 17.4 Å². The van der Waals surface area contributed by atoms with Crippen LogP contribution < -0.4 is 9.62 Å². The maximum absolute atomic E-state index is 14.0. The van der Waals surface area contributed by atoms with E-state index in [9.17, 15) is 18.0 Å². The molecule has 0 radical (unpaired) electrons. The third-order valence-electron chi connectivity index (χ3n) is 6.72. The summed E-state index contributed by atoms with van der Waals surface area (Å²) in [4.78, 5) is 28.4. The molecule has 3 rings (SSSR count). The summed E-state index contributed by atoms with van der Waals surface area (Å²) in [7, 11) is -4.11. The number of sulfonamides is 1. The number of carbonyl (C=O) groups is 2. The van der Waals surface area contributed by atoms with Gasteiger partial charge >= 0.3 is 0 Å². The van der Waals surface area contributed by atoms with Crippen molar-refractivity contribution in [1.82, 2.24) is 10.2 Å². The topological polar surface area (TPSA) is 86.8 Å². The van der Waals surface area contributed by atoms with Gasteiger partial charge in [-0.15, -0.1) is 0 Å². The first kappa shape index (κ1) is 31.5. The Bertz CT molecular complexity index is 1450. The Balaban J connectivity index is 2.02. The maximum atomic E-state index is 14.0. The van der Waals surface area contributed by atoms with Crippen LogP contribution >= 0.6 is 23.2 Å². The molecule has 0 saturated heterocycles. The van der Waals surface area contributed by atoms with Crippen molar-refractivity contribution >= 4 is 50.7 Å². The summed E-state index contributed by atoms with van der Waals surface area (Å²) in [6.07, 6.45) is 1.71. The molecule has 10 heteroatoms. The number of nitrogens with one attached hydrogen (secondary N) is 1. The Kier molecular flexibility index (Phi) is 11.0. The van der Waals surface area contributed by atoms with Crippen LogP contribution in [0.2, 0.25) is 10.0 Å². The van der Waals surface area contributed by atoms with E-state index in [0.29, 0.717) is 27.8 Å². The van der Waals surface area contributed by atoms with Gasteiger partial charge in [-0.2, -0.15) is 0 Å². The normalized spacial score (nSPS) is 12.1. The number of rotatable bonds is 12. The number of amides is 2. The Morgan fingerprint density at radius 3 is 2.25 bits per heavy atom. The van der Waals surface area contributed by atoms with Gasteiger partial charge in [0, 0.05) is 13.1 Å². The van der Waals surface area contributed by atoms with E-state index in [1.165, 1.54) is 17.0 Å². The fourth-order valence-corrected chi connectivity index (χ4v) is 5.83. The first-order valence-corrected chi connectivity index (χ1v) is 15.3. The predicted molar refractivity (Wildman–Crippen MR) is 161 cm³/mol. The molecule has 0 aliphatic rings. The van der Waals surface area contributed by atoms with Gasteiger partial charge in [0.15, 0.2) is 0 Å². The van der Waals surface area contributed by atoms with Gasteiger partial charge in [0.2, 0.25) is 11.8 Å². The van der Waals surface area contributed by atoms with Gasteiger partial charge < -0.3 is 10.2 Å². The molecule has 1 unspecified atom stereocenters. The van der Waals surface area contributed by atoms with Crippen molar-refractivity contribution in [2.24, 2.45) is 0 Å². The Morgan fingerprint density at radius 1 is 0.925 bits per heavy atom. The van der Waals surface area contributed by atoms with Crippen LogP contribution in [0.5, 0.6) is 0 Å². The van der Waals surface area contributed by atoms with E-state index in [-0.39, 0.29) is 17.3 Å². The lowest BCUT2D eigenvalue weighted by atomic mass is 10.1. The highest BCUT2D eigenvalue weighted by Crippen LogP contribution is 2.27. The van der Waals surface area contributed by atoms with Gasteiger partial charge in [-0.1, -0.05) is 66.9 Å². The minimum absolute atomic E-state index is 0.0320. The monoisotopic (exact) mass is 603 g/mol. The van der Waals surface area contributed by atoms with E-state index in [2.05, 4.69) is 5.32 Å². The van der Waals surface area contributed by atoms with Crippen LogP contribution in [0.15, 0.2) is 71.6 Å². The molecule has 0 spiro atoms. The molecule has 0 aromatic heterocycles. The summed E-state index contributed by atoms with van der Waals surface area (Å²) in [6.45, 7) is 7.46. The van der Waals surface area contributed by atoms with Crippen LogP contribution in [0.1, 0.15) is 43.4 Å². The molecule has 0 bridgehead atoms. The van der Waals surface area contributed by atoms with Crippen molar-refractivity contribution in [3.05, 3.63) is 93.5 Å². The van der Waals surface area contributed by atoms with Crippen molar-refractivity contribution in [3.63, 3.8) is 0 Å². The van der Waals surface area contributed by atoms with E-state index in [1.54, 1.807) is 55.5 Å². The first-order chi connectivity index (χ1) is 18.9. The van der Waals surface area contributed by atoms with Crippen molar-refractivity contribution in [2.45, 2.75) is 58.0 Å². The Hall–Kier alpha value is -3.07. The van der Waals surface area contributed by atoms with Crippen LogP contribution in [0.4, 0.5) is 5.69 Å². The molecule has 40 heavy (non-hydrogen) atoms. The fourth-order valence-electron chi connectivity index (χ4n) is 4.08. The van der Waals surface area contributed by atoms with Gasteiger partial charge in [0.25, 0.3) is 10.0 Å². The van der Waals surface area contributed by atoms with Crippen LogP contribution in [-0.2, 0) is 26.2 Å². The molecule has 1 N–H and O–H groups in total. The second-order valence-electron chi connectivity index (χ2n) is 9.68. The smallest absolute Gasteiger partial charge is 0.264 e. The highest BCUT2D eigenvalue weighted by atomic mass is 35.5. The average molecular weight is 605 g/mol. The molecule has 3 aromatic carbocycles. The number of anilines is 1. The third kappa shape index (κ3) is 7.77. The molecule has 0 heterocycles. The number of unbranched alkanes of at least 4 members (excludes halogenated alkanes) is 1. The summed E-state index contributed by atoms with van der Waals surface area (Å²) < 4.78 is 28.8. The van der Waals surface area contributed by atoms with Gasteiger partial charge in [-0.05, 0) is 80.3 Å². The van der Waals surface area contributed by atoms with Crippen LogP contribution in [0.3, 0.4) is 0 Å². The number of hydrogen-bond donors (Lipinski definition) is 1. The van der Waals surface area contributed by atoms with E-state index >= 15 is 0 Å². The summed E-state index contributed by atoms with van der Waals surface area (Å²) in [5.41, 5.74) is 2.88. The zero-order chi connectivity index (χ0) is 29.4. The number of benzene rings is 3. The third-order valence-corrected chi connectivity index (χ3v) is 9.25. The molecule has 0 saturated carbocycles. The molecule has 3 aromatic rings. The lowest BCUT2D eigenvalue weighted by Gasteiger charge is -2.32. The molecular formula is C30H35Cl2N3O4S. The van der Waals surface area contributed by atoms with Crippen LogP contribution in [-0.4, -0.2) is 44.3 Å². The number of aryl methyl sites for hydroxylation is 2.